The summed E-state index contributed by atoms with van der Waals surface area (Å²) in [6, 6.07) is 7.02. The van der Waals surface area contributed by atoms with Gasteiger partial charge in [0.15, 0.2) is 0 Å². The highest BCUT2D eigenvalue weighted by Gasteiger charge is 2.13. The van der Waals surface area contributed by atoms with Gasteiger partial charge in [0.25, 0.3) is 0 Å². The van der Waals surface area contributed by atoms with Crippen LogP contribution in [0.3, 0.4) is 0 Å². The van der Waals surface area contributed by atoms with Crippen molar-refractivity contribution in [2.24, 2.45) is 0 Å². The molecule has 2 aromatic rings. The first-order valence-electron chi connectivity index (χ1n) is 5.94. The van der Waals surface area contributed by atoms with E-state index < -0.39 is 0 Å². The molecule has 0 spiro atoms. The van der Waals surface area contributed by atoms with E-state index in [9.17, 15) is 4.79 Å². The highest BCUT2D eigenvalue weighted by molar-refractivity contribution is 5.79. The predicted molar refractivity (Wildman–Crippen MR) is 69.0 cm³/mol. The van der Waals surface area contributed by atoms with Crippen LogP contribution in [0.25, 0.3) is 11.0 Å². The van der Waals surface area contributed by atoms with Crippen molar-refractivity contribution >= 4 is 11.0 Å². The first-order chi connectivity index (χ1) is 8.56. The second-order valence-corrected chi connectivity index (χ2v) is 4.44. The Labute approximate surface area is 105 Å². The first-order valence-corrected chi connectivity index (χ1v) is 5.94. The average molecular weight is 248 g/mol. The van der Waals surface area contributed by atoms with Gasteiger partial charge in [-0.05, 0) is 31.5 Å². The van der Waals surface area contributed by atoms with E-state index in [2.05, 4.69) is 0 Å². The Hall–Kier alpha value is -1.81. The van der Waals surface area contributed by atoms with E-state index in [4.69, 9.17) is 14.3 Å². The number of hydrogen-bond acceptors (Lipinski definition) is 4. The molecule has 0 radical (unpaired) electrons. The molecule has 18 heavy (non-hydrogen) atoms. The van der Waals surface area contributed by atoms with E-state index in [1.165, 1.54) is 11.6 Å². The van der Waals surface area contributed by atoms with Gasteiger partial charge < -0.3 is 14.3 Å². The summed E-state index contributed by atoms with van der Waals surface area (Å²) in [6.45, 7) is 4.16. The van der Waals surface area contributed by atoms with E-state index in [1.807, 2.05) is 6.07 Å². The molecule has 0 amide bonds. The second kappa shape index (κ2) is 5.23. The maximum absolute atomic E-state index is 11.0. The van der Waals surface area contributed by atoms with Gasteiger partial charge in [-0.3, -0.25) is 0 Å². The smallest absolute Gasteiger partial charge is 0.336 e. The fourth-order valence-electron chi connectivity index (χ4n) is 1.74. The zero-order valence-corrected chi connectivity index (χ0v) is 10.5. The molecule has 0 unspecified atom stereocenters. The molecule has 96 valence electrons. The quantitative estimate of drug-likeness (QED) is 0.725. The summed E-state index contributed by atoms with van der Waals surface area (Å²) in [5.74, 6) is 0.840. The first kappa shape index (κ1) is 12.6. The summed E-state index contributed by atoms with van der Waals surface area (Å²) in [5.41, 5.74) is 1.46. The van der Waals surface area contributed by atoms with E-state index in [-0.39, 0.29) is 11.7 Å². The summed E-state index contributed by atoms with van der Waals surface area (Å²) in [6.07, 6.45) is 0.768. The summed E-state index contributed by atoms with van der Waals surface area (Å²) >= 11 is 0. The molecular formula is C14H16O4. The molecule has 0 saturated carbocycles. The molecule has 1 aromatic heterocycles. The third kappa shape index (κ3) is 2.90. The third-order valence-electron chi connectivity index (χ3n) is 2.43. The maximum atomic E-state index is 11.0. The van der Waals surface area contributed by atoms with Gasteiger partial charge in [0, 0.05) is 30.0 Å². The fraction of sp³-hybridized carbons (Fsp3) is 0.357. The summed E-state index contributed by atoms with van der Waals surface area (Å²) in [5, 5.41) is 9.01. The van der Waals surface area contributed by atoms with E-state index >= 15 is 0 Å². The van der Waals surface area contributed by atoms with Gasteiger partial charge in [-0.15, -0.1) is 0 Å². The van der Waals surface area contributed by atoms with Crippen molar-refractivity contribution in [3.63, 3.8) is 0 Å². The zero-order chi connectivity index (χ0) is 13.1. The van der Waals surface area contributed by atoms with Crippen molar-refractivity contribution in [2.75, 3.05) is 6.61 Å². The normalized spacial score (nSPS) is 12.9. The molecule has 1 aliphatic rings. The lowest BCUT2D eigenvalue weighted by Gasteiger charge is -2.00. The molecule has 2 heterocycles. The van der Waals surface area contributed by atoms with Crippen LogP contribution in [-0.4, -0.2) is 17.8 Å². The lowest BCUT2D eigenvalue weighted by atomic mass is 10.1. The lowest BCUT2D eigenvalue weighted by molar-refractivity contribution is 0.216. The third-order valence-corrected chi connectivity index (χ3v) is 2.43. The topological polar surface area (TPSA) is 59.7 Å². The Morgan fingerprint density at radius 1 is 1.28 bits per heavy atom. The van der Waals surface area contributed by atoms with Crippen molar-refractivity contribution in [3.8, 4) is 5.75 Å². The minimum absolute atomic E-state index is 0.167. The number of aliphatic hydroxyl groups is 1. The SMILES string of the molecule is CC(C)O.O=c1ccc2cc3c(cc2o1)OCC3. The van der Waals surface area contributed by atoms with Gasteiger partial charge in [0.1, 0.15) is 11.3 Å². The van der Waals surface area contributed by atoms with Gasteiger partial charge >= 0.3 is 5.63 Å². The van der Waals surface area contributed by atoms with Crippen molar-refractivity contribution in [1.82, 2.24) is 0 Å². The molecular weight excluding hydrogens is 232 g/mol. The van der Waals surface area contributed by atoms with E-state index in [0.29, 0.717) is 5.58 Å². The maximum Gasteiger partial charge on any atom is 0.336 e. The van der Waals surface area contributed by atoms with Crippen LogP contribution in [0.4, 0.5) is 0 Å². The zero-order valence-electron chi connectivity index (χ0n) is 10.5. The van der Waals surface area contributed by atoms with Gasteiger partial charge in [-0.2, -0.15) is 0 Å². The number of fused-ring (bicyclic) bond motifs is 2. The molecule has 1 N–H and O–H groups in total. The van der Waals surface area contributed by atoms with Gasteiger partial charge in [0.2, 0.25) is 0 Å². The highest BCUT2D eigenvalue weighted by Crippen LogP contribution is 2.29. The van der Waals surface area contributed by atoms with Crippen LogP contribution in [0.5, 0.6) is 5.75 Å². The second-order valence-electron chi connectivity index (χ2n) is 4.44. The molecule has 0 saturated heterocycles. The number of rotatable bonds is 0. The van der Waals surface area contributed by atoms with Crippen LogP contribution < -0.4 is 10.4 Å². The van der Waals surface area contributed by atoms with Gasteiger partial charge in [-0.1, -0.05) is 0 Å². The Morgan fingerprint density at radius 2 is 2.00 bits per heavy atom. The minimum Gasteiger partial charge on any atom is -0.493 e. The van der Waals surface area contributed by atoms with Crippen LogP contribution in [0.2, 0.25) is 0 Å². The summed E-state index contributed by atoms with van der Waals surface area (Å²) in [4.78, 5) is 11.0. The van der Waals surface area contributed by atoms with Crippen molar-refractivity contribution in [1.29, 1.82) is 0 Å². The standard InChI is InChI=1S/C11H8O3.C3H8O/c12-11-2-1-7-5-8-3-4-13-9(8)6-10(7)14-11;1-3(2)4/h1-2,5-6H,3-4H2;3-4H,1-2H3. The number of ether oxygens (including phenoxy) is 1. The fourth-order valence-corrected chi connectivity index (χ4v) is 1.74. The molecule has 1 aliphatic heterocycles. The Kier molecular flexibility index (Phi) is 3.67. The summed E-state index contributed by atoms with van der Waals surface area (Å²) < 4.78 is 10.4. The molecule has 4 heteroatoms. The Morgan fingerprint density at radius 3 is 2.72 bits per heavy atom. The number of benzene rings is 1. The highest BCUT2D eigenvalue weighted by atomic mass is 16.5. The van der Waals surface area contributed by atoms with Crippen LogP contribution in [0.1, 0.15) is 19.4 Å². The Balaban J connectivity index is 0.000000267. The Bertz CT molecular complexity index is 596. The number of aliphatic hydroxyl groups excluding tert-OH is 1. The molecule has 1 aromatic carbocycles. The van der Waals surface area contributed by atoms with Crippen molar-refractivity contribution in [2.45, 2.75) is 26.4 Å². The lowest BCUT2D eigenvalue weighted by Crippen LogP contribution is -1.94. The van der Waals surface area contributed by atoms with E-state index in [0.717, 1.165) is 24.2 Å². The molecule has 4 nitrogen and oxygen atoms in total. The van der Waals surface area contributed by atoms with Crippen molar-refractivity contribution < 1.29 is 14.3 Å². The van der Waals surface area contributed by atoms with Gasteiger partial charge in [-0.25, -0.2) is 4.79 Å². The van der Waals surface area contributed by atoms with Crippen LogP contribution in [0, 0.1) is 0 Å². The molecule has 0 atom stereocenters. The predicted octanol–water partition coefficient (Wildman–Crippen LogP) is 2.12. The van der Waals surface area contributed by atoms with Crippen LogP contribution in [-0.2, 0) is 6.42 Å². The van der Waals surface area contributed by atoms with Gasteiger partial charge in [0.05, 0.1) is 6.61 Å². The molecule has 0 aliphatic carbocycles. The molecule has 3 rings (SSSR count). The van der Waals surface area contributed by atoms with Crippen LogP contribution >= 0.6 is 0 Å². The monoisotopic (exact) mass is 248 g/mol. The molecule has 0 fully saturated rings. The average Bonchev–Trinajstić information content (AvgIpc) is 2.72. The van der Waals surface area contributed by atoms with Crippen molar-refractivity contribution in [3.05, 3.63) is 40.2 Å². The van der Waals surface area contributed by atoms with Crippen LogP contribution in [0.15, 0.2) is 33.5 Å². The minimum atomic E-state index is -0.324. The number of hydrogen-bond donors (Lipinski definition) is 1. The summed E-state index contributed by atoms with van der Waals surface area (Å²) in [7, 11) is 0. The molecule has 0 bridgehead atoms. The van der Waals surface area contributed by atoms with E-state index in [1.54, 1.807) is 26.0 Å². The largest absolute Gasteiger partial charge is 0.493 e.